The molecule has 1 saturated heterocycles. The van der Waals surface area contributed by atoms with Crippen molar-refractivity contribution in [1.29, 1.82) is 5.26 Å². The predicted molar refractivity (Wildman–Crippen MR) is 129 cm³/mol. The van der Waals surface area contributed by atoms with Gasteiger partial charge >= 0.3 is 0 Å². The number of benzene rings is 1. The zero-order chi connectivity index (χ0) is 24.0. The van der Waals surface area contributed by atoms with Crippen LogP contribution in [-0.4, -0.2) is 36.3 Å². The standard InChI is InChI=1S/C25H28FN5O2/c1-5-18(13-27)21(26)12-16(2)23-22(19-6-8-20(33-4)9-7-19)24(32)31(3)25(30-23)29-15-17-10-11-28-14-17/h5-9,12,17,28H,1,10-11,14-15H2,2-4H3,(H,29,30)/b16-12+,21-18-. The van der Waals surface area contributed by atoms with Crippen molar-refractivity contribution >= 4 is 11.5 Å². The molecule has 33 heavy (non-hydrogen) atoms. The third-order valence-corrected chi connectivity index (χ3v) is 5.68. The molecule has 7 nitrogen and oxygen atoms in total. The quantitative estimate of drug-likeness (QED) is 0.470. The van der Waals surface area contributed by atoms with Crippen molar-refractivity contribution in [2.75, 3.05) is 32.1 Å². The van der Waals surface area contributed by atoms with E-state index in [-0.39, 0.29) is 11.1 Å². The number of hydrogen-bond acceptors (Lipinski definition) is 6. The molecule has 1 atom stereocenters. The van der Waals surface area contributed by atoms with E-state index in [0.717, 1.165) is 25.6 Å². The SMILES string of the molecule is C=C/C(C#N)=C(F)\C=C(/C)c1nc(NCC2CCNC2)n(C)c(=O)c1-c1ccc(OC)cc1. The number of anilines is 1. The Morgan fingerprint density at radius 2 is 2.18 bits per heavy atom. The van der Waals surface area contributed by atoms with Gasteiger partial charge in [0, 0.05) is 13.6 Å². The molecule has 0 bridgehead atoms. The summed E-state index contributed by atoms with van der Waals surface area (Å²) in [4.78, 5) is 18.1. The maximum atomic E-state index is 14.6. The summed E-state index contributed by atoms with van der Waals surface area (Å²) >= 11 is 0. The second kappa shape index (κ2) is 10.7. The second-order valence-corrected chi connectivity index (χ2v) is 7.90. The van der Waals surface area contributed by atoms with Crippen LogP contribution in [0.5, 0.6) is 5.75 Å². The third kappa shape index (κ3) is 5.38. The van der Waals surface area contributed by atoms with Gasteiger partial charge in [-0.05, 0) is 67.8 Å². The average Bonchev–Trinajstić information content (AvgIpc) is 3.34. The Balaban J connectivity index is 2.15. The molecule has 1 aromatic carbocycles. The van der Waals surface area contributed by atoms with Crippen LogP contribution in [0.15, 0.2) is 59.2 Å². The normalized spacial score (nSPS) is 16.7. The van der Waals surface area contributed by atoms with Gasteiger partial charge in [-0.2, -0.15) is 5.26 Å². The first kappa shape index (κ1) is 24.0. The summed E-state index contributed by atoms with van der Waals surface area (Å²) < 4.78 is 21.3. The molecule has 1 aliphatic heterocycles. The van der Waals surface area contributed by atoms with Crippen LogP contribution in [0.25, 0.3) is 16.7 Å². The second-order valence-electron chi connectivity index (χ2n) is 7.90. The monoisotopic (exact) mass is 449 g/mol. The minimum atomic E-state index is -0.736. The first-order chi connectivity index (χ1) is 15.9. The smallest absolute Gasteiger partial charge is 0.263 e. The molecule has 2 N–H and O–H groups in total. The van der Waals surface area contributed by atoms with Crippen molar-refractivity contribution in [1.82, 2.24) is 14.9 Å². The lowest BCUT2D eigenvalue weighted by atomic mass is 10.00. The van der Waals surface area contributed by atoms with Crippen LogP contribution in [0.3, 0.4) is 0 Å². The number of ether oxygens (including phenoxy) is 1. The zero-order valence-electron chi connectivity index (χ0n) is 19.1. The van der Waals surface area contributed by atoms with E-state index in [1.807, 2.05) is 0 Å². The maximum absolute atomic E-state index is 14.6. The number of rotatable bonds is 8. The van der Waals surface area contributed by atoms with E-state index in [1.54, 1.807) is 51.4 Å². The molecule has 1 unspecified atom stereocenters. The van der Waals surface area contributed by atoms with Gasteiger partial charge in [-0.15, -0.1) is 0 Å². The molecule has 1 fully saturated rings. The van der Waals surface area contributed by atoms with Crippen LogP contribution in [-0.2, 0) is 7.05 Å². The van der Waals surface area contributed by atoms with Gasteiger partial charge in [-0.25, -0.2) is 9.37 Å². The number of halogens is 1. The van der Waals surface area contributed by atoms with Crippen molar-refractivity contribution in [3.05, 3.63) is 70.4 Å². The highest BCUT2D eigenvalue weighted by molar-refractivity contribution is 5.79. The fourth-order valence-electron chi connectivity index (χ4n) is 3.72. The summed E-state index contributed by atoms with van der Waals surface area (Å²) in [6.45, 7) is 7.68. The molecule has 1 aromatic heterocycles. The molecule has 0 saturated carbocycles. The Bertz CT molecular complexity index is 1180. The highest BCUT2D eigenvalue weighted by atomic mass is 19.1. The first-order valence-electron chi connectivity index (χ1n) is 10.7. The number of methoxy groups -OCH3 is 1. The van der Waals surface area contributed by atoms with Gasteiger partial charge in [0.15, 0.2) is 0 Å². The van der Waals surface area contributed by atoms with Gasteiger partial charge in [-0.1, -0.05) is 18.7 Å². The molecule has 1 aliphatic rings. The largest absolute Gasteiger partial charge is 0.497 e. The van der Waals surface area contributed by atoms with Crippen molar-refractivity contribution < 1.29 is 9.13 Å². The molecule has 0 spiro atoms. The van der Waals surface area contributed by atoms with E-state index >= 15 is 0 Å². The lowest BCUT2D eigenvalue weighted by Gasteiger charge is -2.18. The Hall–Kier alpha value is -3.70. The highest BCUT2D eigenvalue weighted by Gasteiger charge is 2.20. The van der Waals surface area contributed by atoms with E-state index < -0.39 is 5.83 Å². The van der Waals surface area contributed by atoms with Crippen LogP contribution in [0.1, 0.15) is 19.0 Å². The maximum Gasteiger partial charge on any atom is 0.263 e. The molecular weight excluding hydrogens is 421 g/mol. The van der Waals surface area contributed by atoms with Crippen molar-refractivity contribution in [2.24, 2.45) is 13.0 Å². The summed E-state index contributed by atoms with van der Waals surface area (Å²) in [5.41, 5.74) is 1.27. The topological polar surface area (TPSA) is 92.0 Å². The van der Waals surface area contributed by atoms with Gasteiger partial charge in [-0.3, -0.25) is 9.36 Å². The van der Waals surface area contributed by atoms with Gasteiger partial charge in [0.25, 0.3) is 5.56 Å². The van der Waals surface area contributed by atoms with E-state index in [9.17, 15) is 9.18 Å². The van der Waals surface area contributed by atoms with E-state index in [4.69, 9.17) is 15.0 Å². The molecule has 8 heteroatoms. The van der Waals surface area contributed by atoms with Gasteiger partial charge in [0.1, 0.15) is 17.6 Å². The number of hydrogen-bond donors (Lipinski definition) is 2. The Morgan fingerprint density at radius 1 is 1.45 bits per heavy atom. The average molecular weight is 450 g/mol. The minimum absolute atomic E-state index is 0.184. The summed E-state index contributed by atoms with van der Waals surface area (Å²) in [5.74, 6) is 0.758. The Labute approximate surface area is 192 Å². The summed E-state index contributed by atoms with van der Waals surface area (Å²) in [5, 5.41) is 15.7. The Morgan fingerprint density at radius 3 is 2.76 bits per heavy atom. The molecular formula is C25H28FN5O2. The zero-order valence-corrected chi connectivity index (χ0v) is 19.1. The van der Waals surface area contributed by atoms with Crippen molar-refractivity contribution in [3.8, 4) is 22.9 Å². The van der Waals surface area contributed by atoms with Gasteiger partial charge < -0.3 is 15.4 Å². The molecule has 2 heterocycles. The van der Waals surface area contributed by atoms with E-state index in [1.165, 1.54) is 10.6 Å². The van der Waals surface area contributed by atoms with Crippen LogP contribution in [0, 0.1) is 17.2 Å². The molecule has 172 valence electrons. The lowest BCUT2D eigenvalue weighted by Crippen LogP contribution is -2.27. The predicted octanol–water partition coefficient (Wildman–Crippen LogP) is 3.81. The van der Waals surface area contributed by atoms with Crippen LogP contribution < -0.4 is 20.9 Å². The summed E-state index contributed by atoms with van der Waals surface area (Å²) in [7, 11) is 3.22. The summed E-state index contributed by atoms with van der Waals surface area (Å²) in [6.07, 6.45) is 3.41. The molecule has 0 aliphatic carbocycles. The van der Waals surface area contributed by atoms with Crippen molar-refractivity contribution in [3.63, 3.8) is 0 Å². The van der Waals surface area contributed by atoms with E-state index in [2.05, 4.69) is 17.2 Å². The highest BCUT2D eigenvalue weighted by Crippen LogP contribution is 2.28. The number of nitrogens with one attached hydrogen (secondary N) is 2. The number of nitriles is 1. The fourth-order valence-corrected chi connectivity index (χ4v) is 3.72. The van der Waals surface area contributed by atoms with Gasteiger partial charge in [0.05, 0.1) is 23.9 Å². The fraction of sp³-hybridized carbons (Fsp3) is 0.320. The lowest BCUT2D eigenvalue weighted by molar-refractivity contribution is 0.415. The molecule has 0 radical (unpaired) electrons. The van der Waals surface area contributed by atoms with Crippen molar-refractivity contribution in [2.45, 2.75) is 13.3 Å². The van der Waals surface area contributed by atoms with Crippen LogP contribution >= 0.6 is 0 Å². The third-order valence-electron chi connectivity index (χ3n) is 5.68. The number of allylic oxidation sites excluding steroid dienone is 5. The molecule has 2 aromatic rings. The molecule has 0 amide bonds. The van der Waals surface area contributed by atoms with Crippen LogP contribution in [0.4, 0.5) is 10.3 Å². The first-order valence-corrected chi connectivity index (χ1v) is 10.7. The number of nitrogens with zero attached hydrogens (tertiary/aromatic N) is 3. The number of aromatic nitrogens is 2. The van der Waals surface area contributed by atoms with E-state index in [0.29, 0.717) is 46.6 Å². The molecule has 3 rings (SSSR count). The minimum Gasteiger partial charge on any atom is -0.497 e. The van der Waals surface area contributed by atoms with Crippen LogP contribution in [0.2, 0.25) is 0 Å². The Kier molecular flexibility index (Phi) is 7.80. The van der Waals surface area contributed by atoms with Gasteiger partial charge in [0.2, 0.25) is 5.95 Å². The summed E-state index contributed by atoms with van der Waals surface area (Å²) in [6, 6.07) is 8.81.